The maximum Gasteiger partial charge on any atom is 0.195 e. The van der Waals surface area contributed by atoms with Crippen LogP contribution < -0.4 is 0 Å². The predicted molar refractivity (Wildman–Crippen MR) is 85.4 cm³/mol. The highest BCUT2D eigenvalue weighted by Gasteiger charge is 2.22. The van der Waals surface area contributed by atoms with Crippen LogP contribution in [0.5, 0.6) is 0 Å². The van der Waals surface area contributed by atoms with Gasteiger partial charge in [0.15, 0.2) is 5.96 Å². The molecule has 0 N–H and O–H groups in total. The summed E-state index contributed by atoms with van der Waals surface area (Å²) in [5.41, 5.74) is 0. The molecule has 0 aliphatic carbocycles. The zero-order valence-corrected chi connectivity index (χ0v) is 14.1. The average molecular weight is 354 g/mol. The van der Waals surface area contributed by atoms with E-state index in [4.69, 9.17) is 4.99 Å². The van der Waals surface area contributed by atoms with Gasteiger partial charge in [-0.15, -0.1) is 24.0 Å². The molecule has 0 saturated carbocycles. The molecular formula is C12H27IN4. The van der Waals surface area contributed by atoms with Crippen molar-refractivity contribution in [3.05, 3.63) is 0 Å². The lowest BCUT2D eigenvalue weighted by Crippen LogP contribution is -2.37. The Hall–Kier alpha value is -0.0400. The largest absolute Gasteiger partial charge is 0.349 e. The number of guanidine groups is 1. The number of nitrogens with zero attached hydrogens (tertiary/aromatic N) is 4. The molecule has 4 nitrogen and oxygen atoms in total. The molecule has 0 aromatic heterocycles. The van der Waals surface area contributed by atoms with Crippen molar-refractivity contribution in [3.63, 3.8) is 0 Å². The summed E-state index contributed by atoms with van der Waals surface area (Å²) in [6, 6.07) is 0.653. The van der Waals surface area contributed by atoms with Gasteiger partial charge in [0.2, 0.25) is 0 Å². The number of likely N-dealkylation sites (tertiary alicyclic amines) is 1. The number of halogens is 1. The van der Waals surface area contributed by atoms with Crippen molar-refractivity contribution in [2.75, 3.05) is 47.8 Å². The lowest BCUT2D eigenvalue weighted by molar-refractivity contribution is 0.272. The smallest absolute Gasteiger partial charge is 0.195 e. The van der Waals surface area contributed by atoms with E-state index >= 15 is 0 Å². The van der Waals surface area contributed by atoms with Crippen molar-refractivity contribution in [2.24, 2.45) is 4.99 Å². The third-order valence-electron chi connectivity index (χ3n) is 3.15. The molecule has 102 valence electrons. The first-order valence-corrected chi connectivity index (χ1v) is 6.19. The molecule has 1 unspecified atom stereocenters. The quantitative estimate of drug-likeness (QED) is 0.436. The van der Waals surface area contributed by atoms with Crippen LogP contribution in [0.1, 0.15) is 19.8 Å². The summed E-state index contributed by atoms with van der Waals surface area (Å²) in [6.07, 6.45) is 2.62. The average Bonchev–Trinajstić information content (AvgIpc) is 2.64. The van der Waals surface area contributed by atoms with Crippen molar-refractivity contribution in [2.45, 2.75) is 25.8 Å². The van der Waals surface area contributed by atoms with E-state index in [2.05, 4.69) is 21.6 Å². The molecule has 0 aromatic rings. The van der Waals surface area contributed by atoms with Gasteiger partial charge in [-0.3, -0.25) is 9.89 Å². The zero-order valence-electron chi connectivity index (χ0n) is 11.8. The van der Waals surface area contributed by atoms with Gasteiger partial charge >= 0.3 is 0 Å². The minimum atomic E-state index is 0. The number of rotatable bonds is 3. The van der Waals surface area contributed by atoms with Crippen molar-refractivity contribution < 1.29 is 0 Å². The zero-order chi connectivity index (χ0) is 12.1. The molecule has 1 fully saturated rings. The van der Waals surface area contributed by atoms with Crippen molar-refractivity contribution >= 4 is 29.9 Å². The maximum atomic E-state index is 4.73. The van der Waals surface area contributed by atoms with Crippen LogP contribution in [-0.4, -0.2) is 74.5 Å². The number of hydrogen-bond donors (Lipinski definition) is 0. The number of hydrogen-bond acceptors (Lipinski definition) is 2. The minimum Gasteiger partial charge on any atom is -0.349 e. The van der Waals surface area contributed by atoms with Gasteiger partial charge in [-0.2, -0.15) is 0 Å². The van der Waals surface area contributed by atoms with Crippen molar-refractivity contribution in [1.29, 1.82) is 0 Å². The summed E-state index contributed by atoms with van der Waals surface area (Å²) in [6.45, 7) is 5.57. The second kappa shape index (κ2) is 8.13. The van der Waals surface area contributed by atoms with Crippen LogP contribution in [0.4, 0.5) is 0 Å². The molecule has 1 aliphatic heterocycles. The molecule has 1 aliphatic rings. The van der Waals surface area contributed by atoms with E-state index in [9.17, 15) is 0 Å². The topological polar surface area (TPSA) is 22.1 Å². The highest BCUT2D eigenvalue weighted by molar-refractivity contribution is 14.0. The summed E-state index contributed by atoms with van der Waals surface area (Å²) in [5.74, 6) is 1.06. The third-order valence-corrected chi connectivity index (χ3v) is 3.15. The Balaban J connectivity index is 0.00000256. The first-order chi connectivity index (χ1) is 7.56. The van der Waals surface area contributed by atoms with E-state index in [0.717, 1.165) is 19.0 Å². The highest BCUT2D eigenvalue weighted by Crippen LogP contribution is 2.16. The fraction of sp³-hybridized carbons (Fsp3) is 0.917. The second-order valence-electron chi connectivity index (χ2n) is 4.85. The Kier molecular flexibility index (Phi) is 8.11. The van der Waals surface area contributed by atoms with Crippen LogP contribution in [-0.2, 0) is 0 Å². The number of aliphatic imine (C=N–C) groups is 1. The SMILES string of the molecule is CCN1CCCC1CN=C(N(C)C)N(C)C.I. The number of likely N-dealkylation sites (N-methyl/N-ethyl adjacent to an activating group) is 1. The van der Waals surface area contributed by atoms with Crippen LogP contribution in [0.2, 0.25) is 0 Å². The molecule has 1 rings (SSSR count). The first-order valence-electron chi connectivity index (χ1n) is 6.19. The van der Waals surface area contributed by atoms with Crippen molar-refractivity contribution in [3.8, 4) is 0 Å². The van der Waals surface area contributed by atoms with Crippen LogP contribution in [0.3, 0.4) is 0 Å². The molecule has 0 amide bonds. The van der Waals surface area contributed by atoms with E-state index in [1.54, 1.807) is 0 Å². The van der Waals surface area contributed by atoms with Gasteiger partial charge in [-0.05, 0) is 25.9 Å². The first kappa shape index (κ1) is 17.0. The predicted octanol–water partition coefficient (Wildman–Crippen LogP) is 1.57. The van der Waals surface area contributed by atoms with Crippen molar-refractivity contribution in [1.82, 2.24) is 14.7 Å². The Labute approximate surface area is 123 Å². The van der Waals surface area contributed by atoms with Gasteiger partial charge in [0.25, 0.3) is 0 Å². The maximum absolute atomic E-state index is 4.73. The molecule has 0 bridgehead atoms. The molecule has 0 radical (unpaired) electrons. The Morgan fingerprint density at radius 3 is 2.29 bits per heavy atom. The van der Waals surface area contributed by atoms with Crippen LogP contribution in [0.25, 0.3) is 0 Å². The molecule has 17 heavy (non-hydrogen) atoms. The lowest BCUT2D eigenvalue weighted by Gasteiger charge is -2.25. The summed E-state index contributed by atoms with van der Waals surface area (Å²) < 4.78 is 0. The Bertz CT molecular complexity index is 231. The standard InChI is InChI=1S/C12H26N4.HI/c1-6-16-9-7-8-11(16)10-13-12(14(2)3)15(4)5;/h11H,6-10H2,1-5H3;1H. The fourth-order valence-corrected chi connectivity index (χ4v) is 2.39. The Morgan fingerprint density at radius 1 is 1.24 bits per heavy atom. The van der Waals surface area contributed by atoms with E-state index in [0.29, 0.717) is 6.04 Å². The molecule has 1 atom stereocenters. The summed E-state index contributed by atoms with van der Waals surface area (Å²) >= 11 is 0. The molecule has 5 heteroatoms. The van der Waals surface area contributed by atoms with Gasteiger partial charge in [0.05, 0.1) is 6.54 Å². The van der Waals surface area contributed by atoms with Crippen LogP contribution in [0.15, 0.2) is 4.99 Å². The van der Waals surface area contributed by atoms with E-state index < -0.39 is 0 Å². The van der Waals surface area contributed by atoms with Gasteiger partial charge in [0.1, 0.15) is 0 Å². The minimum absolute atomic E-state index is 0. The van der Waals surface area contributed by atoms with Gasteiger partial charge < -0.3 is 9.80 Å². The highest BCUT2D eigenvalue weighted by atomic mass is 127. The second-order valence-corrected chi connectivity index (χ2v) is 4.85. The molecule has 1 heterocycles. The van der Waals surface area contributed by atoms with Gasteiger partial charge in [-0.25, -0.2) is 0 Å². The molecule has 0 aromatic carbocycles. The van der Waals surface area contributed by atoms with Crippen LogP contribution in [0, 0.1) is 0 Å². The normalized spacial score (nSPS) is 19.7. The van der Waals surface area contributed by atoms with E-state index in [1.165, 1.54) is 19.4 Å². The molecular weight excluding hydrogens is 327 g/mol. The third kappa shape index (κ3) is 4.99. The van der Waals surface area contributed by atoms with E-state index in [1.807, 2.05) is 28.2 Å². The molecule has 0 spiro atoms. The van der Waals surface area contributed by atoms with Crippen LogP contribution >= 0.6 is 24.0 Å². The Morgan fingerprint density at radius 2 is 1.82 bits per heavy atom. The van der Waals surface area contributed by atoms with Gasteiger partial charge in [-0.1, -0.05) is 6.92 Å². The summed E-state index contributed by atoms with van der Waals surface area (Å²) in [4.78, 5) is 11.4. The fourth-order valence-electron chi connectivity index (χ4n) is 2.39. The molecule has 1 saturated heterocycles. The van der Waals surface area contributed by atoms with Gasteiger partial charge in [0, 0.05) is 34.2 Å². The summed E-state index contributed by atoms with van der Waals surface area (Å²) in [7, 11) is 8.19. The summed E-state index contributed by atoms with van der Waals surface area (Å²) in [5, 5.41) is 0. The monoisotopic (exact) mass is 354 g/mol. The van der Waals surface area contributed by atoms with E-state index in [-0.39, 0.29) is 24.0 Å². The lowest BCUT2D eigenvalue weighted by atomic mass is 10.2.